The van der Waals surface area contributed by atoms with Crippen LogP contribution in [0.3, 0.4) is 0 Å². The first kappa shape index (κ1) is 18.2. The maximum Gasteiger partial charge on any atom is 0.225 e. The van der Waals surface area contributed by atoms with Crippen molar-refractivity contribution in [1.82, 2.24) is 15.0 Å². The van der Waals surface area contributed by atoms with Gasteiger partial charge in [-0.1, -0.05) is 18.2 Å². The third kappa shape index (κ3) is 4.39. The second kappa shape index (κ2) is 8.25. The maximum atomic E-state index is 4.74. The number of anilines is 3. The molecule has 2 aromatic heterocycles. The molecule has 4 rings (SSSR count). The van der Waals surface area contributed by atoms with E-state index in [1.807, 2.05) is 25.1 Å². The minimum Gasteiger partial charge on any atom is -0.368 e. The Morgan fingerprint density at radius 2 is 1.71 bits per heavy atom. The number of aryl methyl sites for hydroxylation is 2. The molecule has 0 unspecified atom stereocenters. The van der Waals surface area contributed by atoms with E-state index in [1.165, 1.54) is 11.3 Å². The molecule has 6 heteroatoms. The van der Waals surface area contributed by atoms with Crippen molar-refractivity contribution < 1.29 is 0 Å². The van der Waals surface area contributed by atoms with E-state index in [0.717, 1.165) is 43.4 Å². The molecule has 3 heterocycles. The summed E-state index contributed by atoms with van der Waals surface area (Å²) in [7, 11) is 0. The molecule has 0 bridgehead atoms. The van der Waals surface area contributed by atoms with Gasteiger partial charge in [0.2, 0.25) is 5.95 Å². The van der Waals surface area contributed by atoms with Crippen LogP contribution in [-0.2, 0) is 6.54 Å². The topological polar surface area (TPSA) is 57.2 Å². The molecule has 0 radical (unpaired) electrons. The second-order valence-corrected chi connectivity index (χ2v) is 7.18. The summed E-state index contributed by atoms with van der Waals surface area (Å²) in [6.07, 6.45) is 1.80. The third-order valence-corrected chi connectivity index (χ3v) is 4.96. The first-order valence-corrected chi connectivity index (χ1v) is 9.73. The molecule has 1 aromatic carbocycles. The molecule has 1 fully saturated rings. The summed E-state index contributed by atoms with van der Waals surface area (Å²) in [5, 5.41) is 3.30. The van der Waals surface area contributed by atoms with Crippen molar-refractivity contribution in [3.8, 4) is 0 Å². The molecule has 1 aliphatic rings. The van der Waals surface area contributed by atoms with Crippen molar-refractivity contribution in [1.29, 1.82) is 0 Å². The van der Waals surface area contributed by atoms with Crippen LogP contribution in [0.1, 0.15) is 17.0 Å². The van der Waals surface area contributed by atoms with Gasteiger partial charge in [0.25, 0.3) is 0 Å². The molecular formula is C22H26N6. The molecule has 1 aliphatic heterocycles. The van der Waals surface area contributed by atoms with Crippen LogP contribution in [0.5, 0.6) is 0 Å². The number of piperazine rings is 1. The molecule has 1 N–H and O–H groups in total. The standard InChI is InChI=1S/C22H26N6/c1-17-6-5-8-20(14-17)27-10-12-28(13-11-27)21-15-18(2)25-22(26-21)24-16-19-7-3-4-9-23-19/h3-9,14-15H,10-13,16H2,1-2H3,(H,24,25,26). The highest BCUT2D eigenvalue weighted by atomic mass is 15.3. The fraction of sp³-hybridized carbons (Fsp3) is 0.318. The highest BCUT2D eigenvalue weighted by Crippen LogP contribution is 2.21. The molecule has 6 nitrogen and oxygen atoms in total. The van der Waals surface area contributed by atoms with Crippen LogP contribution < -0.4 is 15.1 Å². The normalized spacial score (nSPS) is 14.2. The van der Waals surface area contributed by atoms with Crippen LogP contribution in [0, 0.1) is 13.8 Å². The van der Waals surface area contributed by atoms with Crippen LogP contribution in [0.4, 0.5) is 17.5 Å². The van der Waals surface area contributed by atoms with E-state index in [1.54, 1.807) is 6.20 Å². The zero-order valence-electron chi connectivity index (χ0n) is 16.5. The van der Waals surface area contributed by atoms with Gasteiger partial charge in [-0.25, -0.2) is 4.98 Å². The van der Waals surface area contributed by atoms with Crippen molar-refractivity contribution in [3.05, 3.63) is 71.7 Å². The number of rotatable bonds is 5. The Bertz CT molecular complexity index is 919. The lowest BCUT2D eigenvalue weighted by molar-refractivity contribution is 0.646. The van der Waals surface area contributed by atoms with E-state index >= 15 is 0 Å². The van der Waals surface area contributed by atoms with Gasteiger partial charge < -0.3 is 15.1 Å². The fourth-order valence-corrected chi connectivity index (χ4v) is 3.48. The van der Waals surface area contributed by atoms with E-state index in [2.05, 4.69) is 62.3 Å². The number of nitrogens with one attached hydrogen (secondary N) is 1. The predicted octanol–water partition coefficient (Wildman–Crippen LogP) is 3.43. The number of hydrogen-bond acceptors (Lipinski definition) is 6. The maximum absolute atomic E-state index is 4.74. The summed E-state index contributed by atoms with van der Waals surface area (Å²) in [4.78, 5) is 18.4. The SMILES string of the molecule is Cc1cccc(N2CCN(c3cc(C)nc(NCc4ccccn4)n3)CC2)c1. The third-order valence-electron chi connectivity index (χ3n) is 4.96. The van der Waals surface area contributed by atoms with Gasteiger partial charge in [0.05, 0.1) is 12.2 Å². The second-order valence-electron chi connectivity index (χ2n) is 7.18. The number of pyridine rings is 1. The number of hydrogen-bond donors (Lipinski definition) is 1. The first-order chi connectivity index (χ1) is 13.7. The Hall–Kier alpha value is -3.15. The number of aromatic nitrogens is 3. The van der Waals surface area contributed by atoms with Crippen LogP contribution in [0.25, 0.3) is 0 Å². The molecule has 0 amide bonds. The van der Waals surface area contributed by atoms with Crippen molar-refractivity contribution in [3.63, 3.8) is 0 Å². The molecular weight excluding hydrogens is 348 g/mol. The van der Waals surface area contributed by atoms with E-state index in [0.29, 0.717) is 12.5 Å². The van der Waals surface area contributed by atoms with Gasteiger partial charge in [-0.3, -0.25) is 4.98 Å². The van der Waals surface area contributed by atoms with Gasteiger partial charge >= 0.3 is 0 Å². The Morgan fingerprint density at radius 1 is 0.893 bits per heavy atom. The highest BCUT2D eigenvalue weighted by molar-refractivity contribution is 5.52. The molecule has 28 heavy (non-hydrogen) atoms. The predicted molar refractivity (Wildman–Crippen MR) is 114 cm³/mol. The largest absolute Gasteiger partial charge is 0.368 e. The van der Waals surface area contributed by atoms with Gasteiger partial charge in [-0.05, 0) is 43.7 Å². The minimum absolute atomic E-state index is 0.616. The smallest absolute Gasteiger partial charge is 0.225 e. The minimum atomic E-state index is 0.616. The van der Waals surface area contributed by atoms with Crippen molar-refractivity contribution in [2.45, 2.75) is 20.4 Å². The Labute approximate surface area is 166 Å². The monoisotopic (exact) mass is 374 g/mol. The van der Waals surface area contributed by atoms with E-state index in [-0.39, 0.29) is 0 Å². The molecule has 0 spiro atoms. The zero-order valence-corrected chi connectivity index (χ0v) is 16.5. The van der Waals surface area contributed by atoms with Gasteiger partial charge in [0.15, 0.2) is 0 Å². The molecule has 0 atom stereocenters. The Balaban J connectivity index is 1.41. The highest BCUT2D eigenvalue weighted by Gasteiger charge is 2.19. The van der Waals surface area contributed by atoms with Gasteiger partial charge in [-0.2, -0.15) is 4.98 Å². The summed E-state index contributed by atoms with van der Waals surface area (Å²) >= 11 is 0. The Kier molecular flexibility index (Phi) is 5.37. The molecule has 0 aliphatic carbocycles. The molecule has 144 valence electrons. The summed E-state index contributed by atoms with van der Waals surface area (Å²) in [5.41, 5.74) is 4.54. The first-order valence-electron chi connectivity index (χ1n) is 9.73. The van der Waals surface area contributed by atoms with E-state index in [9.17, 15) is 0 Å². The summed E-state index contributed by atoms with van der Waals surface area (Å²) in [5.74, 6) is 1.64. The molecule has 1 saturated heterocycles. The van der Waals surface area contributed by atoms with Gasteiger partial charge in [0, 0.05) is 49.8 Å². The van der Waals surface area contributed by atoms with E-state index < -0.39 is 0 Å². The zero-order chi connectivity index (χ0) is 19.3. The van der Waals surface area contributed by atoms with Crippen LogP contribution in [-0.4, -0.2) is 41.1 Å². The lowest BCUT2D eigenvalue weighted by Gasteiger charge is -2.37. The lowest BCUT2D eigenvalue weighted by Crippen LogP contribution is -2.47. The molecule has 3 aromatic rings. The number of nitrogens with zero attached hydrogens (tertiary/aromatic N) is 5. The lowest BCUT2D eigenvalue weighted by atomic mass is 10.2. The van der Waals surface area contributed by atoms with Gasteiger partial charge in [0.1, 0.15) is 5.82 Å². The van der Waals surface area contributed by atoms with Crippen LogP contribution in [0.2, 0.25) is 0 Å². The average molecular weight is 374 g/mol. The van der Waals surface area contributed by atoms with Crippen LogP contribution in [0.15, 0.2) is 54.7 Å². The van der Waals surface area contributed by atoms with E-state index in [4.69, 9.17) is 4.98 Å². The summed E-state index contributed by atoms with van der Waals surface area (Å²) in [6, 6.07) is 16.7. The Morgan fingerprint density at radius 3 is 2.46 bits per heavy atom. The summed E-state index contributed by atoms with van der Waals surface area (Å²) in [6.45, 7) is 8.65. The molecule has 0 saturated carbocycles. The van der Waals surface area contributed by atoms with Crippen molar-refractivity contribution in [2.24, 2.45) is 0 Å². The van der Waals surface area contributed by atoms with Crippen LogP contribution >= 0.6 is 0 Å². The van der Waals surface area contributed by atoms with Gasteiger partial charge in [-0.15, -0.1) is 0 Å². The fourth-order valence-electron chi connectivity index (χ4n) is 3.48. The van der Waals surface area contributed by atoms with Crippen molar-refractivity contribution >= 4 is 17.5 Å². The van der Waals surface area contributed by atoms with Crippen molar-refractivity contribution in [2.75, 3.05) is 41.3 Å². The number of benzene rings is 1. The average Bonchev–Trinajstić information content (AvgIpc) is 2.73. The quantitative estimate of drug-likeness (QED) is 0.738. The summed E-state index contributed by atoms with van der Waals surface area (Å²) < 4.78 is 0.